The van der Waals surface area contributed by atoms with Crippen LogP contribution in [-0.2, 0) is 4.74 Å². The molecule has 1 aromatic carbocycles. The highest BCUT2D eigenvalue weighted by atomic mass is 19.1. The Morgan fingerprint density at radius 3 is 2.81 bits per heavy atom. The summed E-state index contributed by atoms with van der Waals surface area (Å²) in [5.74, 6) is -2.40. The van der Waals surface area contributed by atoms with E-state index in [2.05, 4.69) is 5.32 Å². The highest BCUT2D eigenvalue weighted by Crippen LogP contribution is 2.17. The van der Waals surface area contributed by atoms with Gasteiger partial charge in [0.1, 0.15) is 5.82 Å². The van der Waals surface area contributed by atoms with Crippen LogP contribution >= 0.6 is 0 Å². The molecule has 0 atom stereocenters. The molecule has 0 saturated heterocycles. The average Bonchev–Trinajstić information content (AvgIpc) is 2.23. The molecule has 1 aromatic rings. The molecule has 4 nitrogen and oxygen atoms in total. The van der Waals surface area contributed by atoms with E-state index in [4.69, 9.17) is 10.5 Å². The van der Waals surface area contributed by atoms with E-state index in [1.807, 2.05) is 0 Å². The SMILES string of the molecule is COCCNC(=O)c1cc(F)cc(N)c1F. The number of nitrogens with one attached hydrogen (secondary N) is 1. The summed E-state index contributed by atoms with van der Waals surface area (Å²) in [6.45, 7) is 0.503. The highest BCUT2D eigenvalue weighted by Gasteiger charge is 2.15. The summed E-state index contributed by atoms with van der Waals surface area (Å²) in [7, 11) is 1.47. The molecule has 0 radical (unpaired) electrons. The van der Waals surface area contributed by atoms with Crippen molar-refractivity contribution in [1.29, 1.82) is 0 Å². The van der Waals surface area contributed by atoms with Gasteiger partial charge in [-0.15, -0.1) is 0 Å². The molecular formula is C10H12F2N2O2. The predicted octanol–water partition coefficient (Wildman–Crippen LogP) is 0.923. The minimum absolute atomic E-state index is 0.213. The van der Waals surface area contributed by atoms with Crippen molar-refractivity contribution in [2.45, 2.75) is 0 Å². The average molecular weight is 230 g/mol. The van der Waals surface area contributed by atoms with Gasteiger partial charge in [0.2, 0.25) is 0 Å². The Labute approximate surface area is 91.4 Å². The van der Waals surface area contributed by atoms with E-state index in [1.165, 1.54) is 7.11 Å². The molecular weight excluding hydrogens is 218 g/mol. The molecule has 1 amide bonds. The summed E-state index contributed by atoms with van der Waals surface area (Å²) in [4.78, 5) is 11.4. The number of hydrogen-bond donors (Lipinski definition) is 2. The zero-order valence-electron chi connectivity index (χ0n) is 8.72. The highest BCUT2D eigenvalue weighted by molar-refractivity contribution is 5.95. The number of ether oxygens (including phenoxy) is 1. The van der Waals surface area contributed by atoms with Crippen molar-refractivity contribution >= 4 is 11.6 Å². The van der Waals surface area contributed by atoms with E-state index in [-0.39, 0.29) is 13.2 Å². The first-order valence-corrected chi connectivity index (χ1v) is 4.58. The zero-order valence-corrected chi connectivity index (χ0v) is 8.72. The molecule has 0 unspecified atom stereocenters. The van der Waals surface area contributed by atoms with Crippen molar-refractivity contribution in [2.24, 2.45) is 0 Å². The van der Waals surface area contributed by atoms with Gasteiger partial charge in [-0.25, -0.2) is 8.78 Å². The number of amides is 1. The molecule has 0 spiro atoms. The van der Waals surface area contributed by atoms with E-state index >= 15 is 0 Å². The molecule has 0 bridgehead atoms. The van der Waals surface area contributed by atoms with Gasteiger partial charge in [-0.3, -0.25) is 4.79 Å². The van der Waals surface area contributed by atoms with Gasteiger partial charge in [0, 0.05) is 13.7 Å². The fourth-order valence-electron chi connectivity index (χ4n) is 1.14. The molecule has 16 heavy (non-hydrogen) atoms. The number of rotatable bonds is 4. The quantitative estimate of drug-likeness (QED) is 0.597. The third kappa shape index (κ3) is 2.90. The minimum Gasteiger partial charge on any atom is -0.396 e. The Morgan fingerprint density at radius 2 is 2.19 bits per heavy atom. The first-order valence-electron chi connectivity index (χ1n) is 4.58. The van der Waals surface area contributed by atoms with Gasteiger partial charge < -0.3 is 15.8 Å². The van der Waals surface area contributed by atoms with Gasteiger partial charge in [0.05, 0.1) is 17.9 Å². The lowest BCUT2D eigenvalue weighted by atomic mass is 10.1. The van der Waals surface area contributed by atoms with Crippen molar-refractivity contribution in [2.75, 3.05) is 26.0 Å². The number of nitrogens with two attached hydrogens (primary N) is 1. The number of carbonyl (C=O) groups is 1. The third-order valence-electron chi connectivity index (χ3n) is 1.90. The van der Waals surface area contributed by atoms with Crippen LogP contribution in [0.15, 0.2) is 12.1 Å². The van der Waals surface area contributed by atoms with E-state index in [9.17, 15) is 13.6 Å². The standard InChI is InChI=1S/C10H12F2N2O2/c1-16-3-2-14-10(15)7-4-6(11)5-8(13)9(7)12/h4-5H,2-3,13H2,1H3,(H,14,15). The van der Waals surface area contributed by atoms with Gasteiger partial charge in [0.15, 0.2) is 5.82 Å². The van der Waals surface area contributed by atoms with Crippen molar-refractivity contribution < 1.29 is 18.3 Å². The largest absolute Gasteiger partial charge is 0.396 e. The number of hydrogen-bond acceptors (Lipinski definition) is 3. The van der Waals surface area contributed by atoms with Crippen LogP contribution in [0.2, 0.25) is 0 Å². The lowest BCUT2D eigenvalue weighted by Gasteiger charge is -2.07. The number of carbonyl (C=O) groups excluding carboxylic acids is 1. The van der Waals surface area contributed by atoms with E-state index < -0.39 is 28.8 Å². The van der Waals surface area contributed by atoms with Gasteiger partial charge >= 0.3 is 0 Å². The fraction of sp³-hybridized carbons (Fsp3) is 0.300. The summed E-state index contributed by atoms with van der Waals surface area (Å²) >= 11 is 0. The summed E-state index contributed by atoms with van der Waals surface area (Å²) in [5, 5.41) is 2.37. The molecule has 0 aliphatic rings. The topological polar surface area (TPSA) is 64.3 Å². The van der Waals surface area contributed by atoms with E-state index in [1.54, 1.807) is 0 Å². The smallest absolute Gasteiger partial charge is 0.254 e. The number of anilines is 1. The fourth-order valence-corrected chi connectivity index (χ4v) is 1.14. The Balaban J connectivity index is 2.82. The number of methoxy groups -OCH3 is 1. The predicted molar refractivity (Wildman–Crippen MR) is 55.0 cm³/mol. The number of benzene rings is 1. The summed E-state index contributed by atoms with van der Waals surface area (Å²) in [6.07, 6.45) is 0. The molecule has 0 heterocycles. The van der Waals surface area contributed by atoms with Crippen LogP contribution in [-0.4, -0.2) is 26.2 Å². The maximum atomic E-state index is 13.4. The van der Waals surface area contributed by atoms with E-state index in [0.717, 1.165) is 12.1 Å². The molecule has 1 rings (SSSR count). The van der Waals surface area contributed by atoms with Crippen LogP contribution in [0.5, 0.6) is 0 Å². The van der Waals surface area contributed by atoms with Crippen molar-refractivity contribution in [3.63, 3.8) is 0 Å². The molecule has 0 fully saturated rings. The second-order valence-electron chi connectivity index (χ2n) is 3.11. The van der Waals surface area contributed by atoms with Crippen molar-refractivity contribution in [1.82, 2.24) is 5.32 Å². The second kappa shape index (κ2) is 5.41. The Morgan fingerprint density at radius 1 is 1.50 bits per heavy atom. The van der Waals surface area contributed by atoms with Crippen molar-refractivity contribution in [3.05, 3.63) is 29.3 Å². The molecule has 3 N–H and O–H groups in total. The number of nitrogen functional groups attached to an aromatic ring is 1. The molecule has 88 valence electrons. The van der Waals surface area contributed by atoms with Crippen LogP contribution in [0, 0.1) is 11.6 Å². The number of halogens is 2. The zero-order chi connectivity index (χ0) is 12.1. The molecule has 0 aliphatic heterocycles. The van der Waals surface area contributed by atoms with E-state index in [0.29, 0.717) is 0 Å². The Hall–Kier alpha value is -1.69. The van der Waals surface area contributed by atoms with Crippen LogP contribution in [0.4, 0.5) is 14.5 Å². The first-order chi connectivity index (χ1) is 7.56. The van der Waals surface area contributed by atoms with Crippen LogP contribution < -0.4 is 11.1 Å². The van der Waals surface area contributed by atoms with Gasteiger partial charge in [-0.2, -0.15) is 0 Å². The minimum atomic E-state index is -0.920. The lowest BCUT2D eigenvalue weighted by molar-refractivity contribution is 0.0932. The molecule has 0 aliphatic carbocycles. The van der Waals surface area contributed by atoms with Gasteiger partial charge in [-0.05, 0) is 12.1 Å². The Bertz CT molecular complexity index is 397. The summed E-state index contributed by atoms with van der Waals surface area (Å²) in [6, 6.07) is 1.62. The van der Waals surface area contributed by atoms with Crippen LogP contribution in [0.1, 0.15) is 10.4 Å². The summed E-state index contributed by atoms with van der Waals surface area (Å²) < 4.78 is 31.0. The monoisotopic (exact) mass is 230 g/mol. The first kappa shape index (κ1) is 12.4. The van der Waals surface area contributed by atoms with Crippen molar-refractivity contribution in [3.8, 4) is 0 Å². The summed E-state index contributed by atoms with van der Waals surface area (Å²) in [5.41, 5.74) is 4.39. The lowest BCUT2D eigenvalue weighted by Crippen LogP contribution is -2.28. The molecule has 0 aromatic heterocycles. The maximum absolute atomic E-state index is 13.4. The molecule has 0 saturated carbocycles. The van der Waals surface area contributed by atoms with Crippen LogP contribution in [0.3, 0.4) is 0 Å². The third-order valence-corrected chi connectivity index (χ3v) is 1.90. The second-order valence-corrected chi connectivity index (χ2v) is 3.11. The maximum Gasteiger partial charge on any atom is 0.254 e. The van der Waals surface area contributed by atoms with Gasteiger partial charge in [-0.1, -0.05) is 0 Å². The van der Waals surface area contributed by atoms with Crippen LogP contribution in [0.25, 0.3) is 0 Å². The Kier molecular flexibility index (Phi) is 4.19. The molecule has 6 heteroatoms. The normalized spacial score (nSPS) is 10.2. The van der Waals surface area contributed by atoms with Gasteiger partial charge in [0.25, 0.3) is 5.91 Å².